The Balaban J connectivity index is 1.53. The molecule has 0 aliphatic carbocycles. The first kappa shape index (κ1) is 19.2. The maximum atomic E-state index is 12.7. The Labute approximate surface area is 166 Å². The number of pyridine rings is 1. The Morgan fingerprint density at radius 2 is 2.18 bits per heavy atom. The van der Waals surface area contributed by atoms with Gasteiger partial charge in [-0.3, -0.25) is 19.5 Å². The van der Waals surface area contributed by atoms with Gasteiger partial charge in [0.1, 0.15) is 5.75 Å². The monoisotopic (exact) mass is 386 g/mol. The standard InChI is InChI=1S/C21H30N4O3/c1-14(26)23-10-20-16-8-15(19-4-3-5-21(27)25(19)20)11-24(12-16)13-17-9-18(28-2)6-7-22-17/h6-7,9,15-16,19-20H,3-5,8,10-13H2,1-2H3,(H,23,26)/t15-,16+,19+,20+/m1/s1. The summed E-state index contributed by atoms with van der Waals surface area (Å²) in [5.41, 5.74) is 1.01. The second-order valence-corrected chi connectivity index (χ2v) is 8.40. The lowest BCUT2D eigenvalue weighted by Gasteiger charge is -2.56. The Bertz CT molecular complexity index is 740. The molecule has 0 unspecified atom stereocenters. The van der Waals surface area contributed by atoms with E-state index in [0.29, 0.717) is 30.8 Å². The fourth-order valence-corrected chi connectivity index (χ4v) is 5.41. The molecule has 1 aromatic rings. The van der Waals surface area contributed by atoms with Gasteiger partial charge in [-0.1, -0.05) is 0 Å². The Kier molecular flexibility index (Phi) is 5.53. The van der Waals surface area contributed by atoms with E-state index in [9.17, 15) is 9.59 Å². The molecule has 3 aliphatic heterocycles. The van der Waals surface area contributed by atoms with Gasteiger partial charge in [0, 0.05) is 57.8 Å². The molecule has 7 heteroatoms. The van der Waals surface area contributed by atoms with Crippen LogP contribution >= 0.6 is 0 Å². The maximum absolute atomic E-state index is 12.7. The van der Waals surface area contributed by atoms with Gasteiger partial charge in [0.05, 0.1) is 18.8 Å². The minimum absolute atomic E-state index is 0.0311. The Hall–Kier alpha value is -2.15. The molecular formula is C21H30N4O3. The van der Waals surface area contributed by atoms with Gasteiger partial charge < -0.3 is 15.0 Å². The maximum Gasteiger partial charge on any atom is 0.223 e. The van der Waals surface area contributed by atoms with Crippen molar-refractivity contribution >= 4 is 11.8 Å². The second-order valence-electron chi connectivity index (χ2n) is 8.40. The summed E-state index contributed by atoms with van der Waals surface area (Å²) in [7, 11) is 1.67. The molecule has 4 heterocycles. The molecule has 4 rings (SSSR count). The molecule has 0 aromatic carbocycles. The lowest BCUT2D eigenvalue weighted by atomic mass is 9.72. The second kappa shape index (κ2) is 8.07. The third-order valence-electron chi connectivity index (χ3n) is 6.54. The van der Waals surface area contributed by atoms with Gasteiger partial charge in [-0.05, 0) is 37.2 Å². The summed E-state index contributed by atoms with van der Waals surface area (Å²) in [6, 6.07) is 4.26. The number of rotatable bonds is 5. The summed E-state index contributed by atoms with van der Waals surface area (Å²) >= 11 is 0. The first-order valence-electron chi connectivity index (χ1n) is 10.3. The lowest BCUT2D eigenvalue weighted by Crippen LogP contribution is -2.66. The molecule has 2 amide bonds. The van der Waals surface area contributed by atoms with Crippen LogP contribution in [0.5, 0.6) is 5.75 Å². The predicted molar refractivity (Wildman–Crippen MR) is 105 cm³/mol. The van der Waals surface area contributed by atoms with Crippen molar-refractivity contribution in [2.45, 2.75) is 51.2 Å². The van der Waals surface area contributed by atoms with E-state index < -0.39 is 0 Å². The van der Waals surface area contributed by atoms with Crippen molar-refractivity contribution in [3.05, 3.63) is 24.0 Å². The number of piperidine rings is 3. The first-order valence-corrected chi connectivity index (χ1v) is 10.3. The van der Waals surface area contributed by atoms with Crippen LogP contribution in [-0.2, 0) is 16.1 Å². The minimum atomic E-state index is -0.0311. The van der Waals surface area contributed by atoms with E-state index in [1.165, 1.54) is 0 Å². The average molecular weight is 386 g/mol. The highest BCUT2D eigenvalue weighted by Gasteiger charge is 2.49. The largest absolute Gasteiger partial charge is 0.497 e. The third kappa shape index (κ3) is 3.85. The number of ether oxygens (including phenoxy) is 1. The number of nitrogens with zero attached hydrogens (tertiary/aromatic N) is 3. The molecule has 3 aliphatic rings. The van der Waals surface area contributed by atoms with Crippen LogP contribution in [0.15, 0.2) is 18.3 Å². The fourth-order valence-electron chi connectivity index (χ4n) is 5.41. The molecule has 2 bridgehead atoms. The number of hydrogen-bond donors (Lipinski definition) is 1. The highest BCUT2D eigenvalue weighted by atomic mass is 16.5. The number of carbonyl (C=O) groups excluding carboxylic acids is 2. The molecule has 7 nitrogen and oxygen atoms in total. The van der Waals surface area contributed by atoms with Crippen LogP contribution in [0.3, 0.4) is 0 Å². The van der Waals surface area contributed by atoms with Crippen LogP contribution in [-0.4, -0.2) is 65.4 Å². The average Bonchev–Trinajstić information content (AvgIpc) is 2.68. The number of fused-ring (bicyclic) bond motifs is 4. The van der Waals surface area contributed by atoms with E-state index in [-0.39, 0.29) is 17.9 Å². The van der Waals surface area contributed by atoms with Gasteiger partial charge in [0.15, 0.2) is 0 Å². The highest BCUT2D eigenvalue weighted by molar-refractivity contribution is 5.78. The van der Waals surface area contributed by atoms with Gasteiger partial charge >= 0.3 is 0 Å². The van der Waals surface area contributed by atoms with E-state index in [1.807, 2.05) is 12.1 Å². The molecule has 1 aromatic heterocycles. The number of carbonyl (C=O) groups is 2. The zero-order valence-electron chi connectivity index (χ0n) is 16.8. The van der Waals surface area contributed by atoms with Crippen LogP contribution in [0.2, 0.25) is 0 Å². The van der Waals surface area contributed by atoms with E-state index in [4.69, 9.17) is 4.74 Å². The molecule has 0 saturated carbocycles. The number of aromatic nitrogens is 1. The zero-order valence-corrected chi connectivity index (χ0v) is 16.8. The van der Waals surface area contributed by atoms with Crippen molar-refractivity contribution in [3.63, 3.8) is 0 Å². The summed E-state index contributed by atoms with van der Waals surface area (Å²) < 4.78 is 5.33. The lowest BCUT2D eigenvalue weighted by molar-refractivity contribution is -0.153. The van der Waals surface area contributed by atoms with E-state index in [2.05, 4.69) is 20.1 Å². The SMILES string of the molecule is COc1ccnc(CN2C[C@H]3C[C@@H](C2)[C@H](CNC(C)=O)N2C(=O)CCC[C@@H]32)c1. The first-order chi connectivity index (χ1) is 13.5. The van der Waals surface area contributed by atoms with Crippen molar-refractivity contribution in [3.8, 4) is 5.75 Å². The molecule has 1 N–H and O–H groups in total. The minimum Gasteiger partial charge on any atom is -0.497 e. The molecule has 28 heavy (non-hydrogen) atoms. The van der Waals surface area contributed by atoms with Crippen molar-refractivity contribution in [1.82, 2.24) is 20.1 Å². The van der Waals surface area contributed by atoms with Crippen molar-refractivity contribution in [2.75, 3.05) is 26.7 Å². The quantitative estimate of drug-likeness (QED) is 0.829. The Morgan fingerprint density at radius 1 is 1.36 bits per heavy atom. The summed E-state index contributed by atoms with van der Waals surface area (Å²) in [4.78, 5) is 33.4. The van der Waals surface area contributed by atoms with Crippen LogP contribution in [0, 0.1) is 11.8 Å². The summed E-state index contributed by atoms with van der Waals surface area (Å²) in [5, 5.41) is 2.97. The van der Waals surface area contributed by atoms with Gasteiger partial charge in [-0.25, -0.2) is 0 Å². The van der Waals surface area contributed by atoms with E-state index in [1.54, 1.807) is 20.2 Å². The topological polar surface area (TPSA) is 74.8 Å². The molecular weight excluding hydrogens is 356 g/mol. The van der Waals surface area contributed by atoms with Gasteiger partial charge in [0.2, 0.25) is 11.8 Å². The van der Waals surface area contributed by atoms with Gasteiger partial charge in [-0.2, -0.15) is 0 Å². The van der Waals surface area contributed by atoms with Crippen LogP contribution in [0.4, 0.5) is 0 Å². The highest BCUT2D eigenvalue weighted by Crippen LogP contribution is 2.41. The third-order valence-corrected chi connectivity index (χ3v) is 6.54. The van der Waals surface area contributed by atoms with Crippen LogP contribution in [0.25, 0.3) is 0 Å². The summed E-state index contributed by atoms with van der Waals surface area (Å²) in [5.74, 6) is 1.95. The van der Waals surface area contributed by atoms with E-state index in [0.717, 1.165) is 50.3 Å². The summed E-state index contributed by atoms with van der Waals surface area (Å²) in [6.45, 7) is 4.81. The molecule has 3 saturated heterocycles. The number of nitrogens with one attached hydrogen (secondary N) is 1. The van der Waals surface area contributed by atoms with Crippen LogP contribution < -0.4 is 10.1 Å². The molecule has 3 fully saturated rings. The van der Waals surface area contributed by atoms with Crippen LogP contribution in [0.1, 0.15) is 38.3 Å². The molecule has 152 valence electrons. The molecule has 0 radical (unpaired) electrons. The van der Waals surface area contributed by atoms with Gasteiger partial charge in [0.25, 0.3) is 0 Å². The predicted octanol–water partition coefficient (Wildman–Crippen LogP) is 1.43. The van der Waals surface area contributed by atoms with Crippen molar-refractivity contribution in [1.29, 1.82) is 0 Å². The molecule has 0 spiro atoms. The summed E-state index contributed by atoms with van der Waals surface area (Å²) in [6.07, 6.45) is 5.63. The normalized spacial score (nSPS) is 29.9. The van der Waals surface area contributed by atoms with Gasteiger partial charge in [-0.15, -0.1) is 0 Å². The Morgan fingerprint density at radius 3 is 2.96 bits per heavy atom. The number of methoxy groups -OCH3 is 1. The number of hydrogen-bond acceptors (Lipinski definition) is 5. The van der Waals surface area contributed by atoms with Crippen molar-refractivity contribution in [2.24, 2.45) is 11.8 Å². The number of likely N-dealkylation sites (tertiary alicyclic amines) is 1. The zero-order chi connectivity index (χ0) is 19.7. The van der Waals surface area contributed by atoms with Crippen molar-refractivity contribution < 1.29 is 14.3 Å². The van der Waals surface area contributed by atoms with E-state index >= 15 is 0 Å². The number of amides is 2. The smallest absolute Gasteiger partial charge is 0.223 e. The molecule has 4 atom stereocenters. The fraction of sp³-hybridized carbons (Fsp3) is 0.667.